The third-order valence-electron chi connectivity index (χ3n) is 5.06. The molecule has 1 aromatic carbocycles. The van der Waals surface area contributed by atoms with Gasteiger partial charge >= 0.3 is 0 Å². The Balaban J connectivity index is 0.00000243. The van der Waals surface area contributed by atoms with Crippen LogP contribution in [0.15, 0.2) is 35.3 Å². The Morgan fingerprint density at radius 2 is 2.08 bits per heavy atom. The number of nitrogens with zero attached hydrogens (tertiary/aromatic N) is 2. The number of benzene rings is 1. The van der Waals surface area contributed by atoms with E-state index in [-0.39, 0.29) is 40.9 Å². The Bertz CT molecular complexity index is 704. The molecule has 1 aromatic rings. The fourth-order valence-electron chi connectivity index (χ4n) is 3.64. The van der Waals surface area contributed by atoms with Crippen molar-refractivity contribution in [3.63, 3.8) is 0 Å². The van der Waals surface area contributed by atoms with E-state index in [1.54, 1.807) is 7.05 Å². The summed E-state index contributed by atoms with van der Waals surface area (Å²) < 4.78 is 30.1. The highest BCUT2D eigenvalue weighted by molar-refractivity contribution is 14.0. The molecule has 3 rings (SSSR count). The summed E-state index contributed by atoms with van der Waals surface area (Å²) in [4.78, 5) is 6.54. The van der Waals surface area contributed by atoms with Crippen LogP contribution in [0.2, 0.25) is 0 Å². The van der Waals surface area contributed by atoms with Crippen LogP contribution in [-0.4, -0.2) is 64.9 Å². The zero-order valence-corrected chi connectivity index (χ0v) is 18.3. The number of hydrogen-bond donors (Lipinski definition) is 1. The van der Waals surface area contributed by atoms with Gasteiger partial charge in [-0.25, -0.2) is 8.42 Å². The normalized spacial score (nSPS) is 23.3. The van der Waals surface area contributed by atoms with Crippen molar-refractivity contribution in [3.05, 3.63) is 35.9 Å². The minimum atomic E-state index is -3.14. The predicted octanol–water partition coefficient (Wildman–Crippen LogP) is 1.91. The van der Waals surface area contributed by atoms with Gasteiger partial charge in [0.25, 0.3) is 0 Å². The van der Waals surface area contributed by atoms with Crippen molar-refractivity contribution in [2.75, 3.05) is 45.6 Å². The molecule has 2 fully saturated rings. The second-order valence-corrected chi connectivity index (χ2v) is 9.21. The number of likely N-dealkylation sites (tertiary alicyclic amines) is 1. The van der Waals surface area contributed by atoms with Crippen LogP contribution in [0.3, 0.4) is 0 Å². The average Bonchev–Trinajstić information content (AvgIpc) is 3.22. The van der Waals surface area contributed by atoms with Gasteiger partial charge in [-0.1, -0.05) is 30.3 Å². The molecule has 2 aliphatic heterocycles. The number of rotatable bonds is 5. The number of guanidine groups is 1. The maximum Gasteiger partial charge on any atom is 0.193 e. The largest absolute Gasteiger partial charge is 0.381 e. The lowest BCUT2D eigenvalue weighted by Crippen LogP contribution is -2.43. The Labute approximate surface area is 173 Å². The molecular formula is C18H28IN3O3S. The van der Waals surface area contributed by atoms with Gasteiger partial charge in [-0.3, -0.25) is 4.99 Å². The highest BCUT2D eigenvalue weighted by Gasteiger charge is 2.42. The van der Waals surface area contributed by atoms with Gasteiger partial charge in [0.2, 0.25) is 0 Å². The van der Waals surface area contributed by atoms with E-state index in [4.69, 9.17) is 4.74 Å². The zero-order chi connectivity index (χ0) is 17.8. The SMILES string of the molecule is CN=C(NCCS(=O)(=O)Cc1ccccc1)N1CCC2(CCOC2)C1.I. The number of hydrogen-bond acceptors (Lipinski definition) is 4. The fraction of sp³-hybridized carbons (Fsp3) is 0.611. The molecule has 146 valence electrons. The van der Waals surface area contributed by atoms with Crippen LogP contribution in [0.4, 0.5) is 0 Å². The van der Waals surface area contributed by atoms with Gasteiger partial charge in [0.1, 0.15) is 0 Å². The highest BCUT2D eigenvalue weighted by Crippen LogP contribution is 2.38. The minimum absolute atomic E-state index is 0. The van der Waals surface area contributed by atoms with E-state index in [2.05, 4.69) is 15.2 Å². The van der Waals surface area contributed by atoms with Crippen LogP contribution >= 0.6 is 24.0 Å². The first-order chi connectivity index (χ1) is 12.0. The molecule has 6 nitrogen and oxygen atoms in total. The van der Waals surface area contributed by atoms with Gasteiger partial charge in [-0.05, 0) is 18.4 Å². The lowest BCUT2D eigenvalue weighted by Gasteiger charge is -2.24. The molecule has 8 heteroatoms. The predicted molar refractivity (Wildman–Crippen MR) is 115 cm³/mol. The number of halogens is 1. The molecule has 0 aliphatic carbocycles. The summed E-state index contributed by atoms with van der Waals surface area (Å²) in [5.74, 6) is 0.972. The Kier molecular flexibility index (Phi) is 7.72. The van der Waals surface area contributed by atoms with Crippen LogP contribution < -0.4 is 5.32 Å². The molecule has 0 saturated carbocycles. The lowest BCUT2D eigenvalue weighted by atomic mass is 9.87. The summed E-state index contributed by atoms with van der Waals surface area (Å²) >= 11 is 0. The number of sulfone groups is 1. The van der Waals surface area contributed by atoms with Crippen LogP contribution in [0.5, 0.6) is 0 Å². The van der Waals surface area contributed by atoms with Gasteiger partial charge < -0.3 is 15.0 Å². The van der Waals surface area contributed by atoms with Gasteiger partial charge in [0.05, 0.1) is 18.1 Å². The molecule has 2 heterocycles. The number of ether oxygens (including phenoxy) is 1. The fourth-order valence-corrected chi connectivity index (χ4v) is 4.90. The smallest absolute Gasteiger partial charge is 0.193 e. The number of nitrogens with one attached hydrogen (secondary N) is 1. The standard InChI is InChI=1S/C18H27N3O3S.HI/c1-19-17(21-10-7-18(14-21)8-11-24-15-18)20-9-12-25(22,23)13-16-5-3-2-4-6-16;/h2-6H,7-15H2,1H3,(H,19,20);1H. The van der Waals surface area contributed by atoms with Crippen molar-refractivity contribution in [2.45, 2.75) is 18.6 Å². The summed E-state index contributed by atoms with van der Waals surface area (Å²) in [6, 6.07) is 9.30. The highest BCUT2D eigenvalue weighted by atomic mass is 127. The summed E-state index contributed by atoms with van der Waals surface area (Å²) in [6.45, 7) is 3.93. The van der Waals surface area contributed by atoms with E-state index >= 15 is 0 Å². The summed E-state index contributed by atoms with van der Waals surface area (Å²) in [7, 11) is -1.39. The topological polar surface area (TPSA) is 71.0 Å². The van der Waals surface area contributed by atoms with Crippen LogP contribution in [-0.2, 0) is 20.3 Å². The van der Waals surface area contributed by atoms with Crippen LogP contribution in [0, 0.1) is 5.41 Å². The van der Waals surface area contributed by atoms with Gasteiger partial charge in [0.15, 0.2) is 15.8 Å². The Morgan fingerprint density at radius 1 is 1.31 bits per heavy atom. The van der Waals surface area contributed by atoms with Crippen LogP contribution in [0.1, 0.15) is 18.4 Å². The average molecular weight is 493 g/mol. The molecule has 2 saturated heterocycles. The van der Waals surface area contributed by atoms with E-state index in [0.29, 0.717) is 6.54 Å². The lowest BCUT2D eigenvalue weighted by molar-refractivity contribution is 0.156. The second kappa shape index (κ2) is 9.36. The maximum atomic E-state index is 12.3. The second-order valence-electron chi connectivity index (χ2n) is 7.03. The first kappa shape index (κ1) is 21.4. The zero-order valence-electron chi connectivity index (χ0n) is 15.2. The Morgan fingerprint density at radius 3 is 2.73 bits per heavy atom. The minimum Gasteiger partial charge on any atom is -0.381 e. The molecule has 0 amide bonds. The van der Waals surface area contributed by atoms with Gasteiger partial charge in [0, 0.05) is 38.7 Å². The van der Waals surface area contributed by atoms with Crippen molar-refractivity contribution in [2.24, 2.45) is 10.4 Å². The summed E-state index contributed by atoms with van der Waals surface area (Å²) in [5, 5.41) is 3.22. The monoisotopic (exact) mass is 493 g/mol. The molecule has 1 unspecified atom stereocenters. The van der Waals surface area contributed by atoms with E-state index in [0.717, 1.165) is 50.7 Å². The molecule has 0 bridgehead atoms. The number of aliphatic imine (C=N–C) groups is 1. The molecular weight excluding hydrogens is 465 g/mol. The molecule has 1 spiro atoms. The Hall–Kier alpha value is -0.870. The molecule has 1 N–H and O–H groups in total. The maximum absolute atomic E-state index is 12.3. The van der Waals surface area contributed by atoms with Gasteiger partial charge in [-0.2, -0.15) is 0 Å². The molecule has 0 radical (unpaired) electrons. The van der Waals surface area contributed by atoms with Gasteiger partial charge in [-0.15, -0.1) is 24.0 Å². The summed E-state index contributed by atoms with van der Waals surface area (Å²) in [5.41, 5.74) is 1.09. The van der Waals surface area contributed by atoms with E-state index in [1.807, 2.05) is 30.3 Å². The third-order valence-corrected chi connectivity index (χ3v) is 6.66. The van der Waals surface area contributed by atoms with Crippen molar-refractivity contribution < 1.29 is 13.2 Å². The van der Waals surface area contributed by atoms with Crippen LogP contribution in [0.25, 0.3) is 0 Å². The summed E-state index contributed by atoms with van der Waals surface area (Å²) in [6.07, 6.45) is 2.21. The van der Waals surface area contributed by atoms with E-state index in [9.17, 15) is 8.42 Å². The molecule has 1 atom stereocenters. The molecule has 2 aliphatic rings. The third kappa shape index (κ3) is 5.56. The molecule has 0 aromatic heterocycles. The molecule has 26 heavy (non-hydrogen) atoms. The van der Waals surface area contributed by atoms with Crippen molar-refractivity contribution in [1.82, 2.24) is 10.2 Å². The van der Waals surface area contributed by atoms with E-state index in [1.165, 1.54) is 0 Å². The van der Waals surface area contributed by atoms with Crippen molar-refractivity contribution >= 4 is 39.8 Å². The van der Waals surface area contributed by atoms with E-state index < -0.39 is 9.84 Å². The first-order valence-corrected chi connectivity index (χ1v) is 10.6. The van der Waals surface area contributed by atoms with Crippen molar-refractivity contribution in [3.8, 4) is 0 Å². The quantitative estimate of drug-likeness (QED) is 0.386. The van der Waals surface area contributed by atoms with Crippen molar-refractivity contribution in [1.29, 1.82) is 0 Å². The first-order valence-electron chi connectivity index (χ1n) is 8.80.